The quantitative estimate of drug-likeness (QED) is 0.411. The lowest BCUT2D eigenvalue weighted by Crippen LogP contribution is -2.42. The number of aryl methyl sites for hydroxylation is 1. The Labute approximate surface area is 212 Å². The van der Waals surface area contributed by atoms with Crippen LogP contribution < -0.4 is 11.1 Å². The zero-order chi connectivity index (χ0) is 24.9. The molecule has 4 aromatic rings. The summed E-state index contributed by atoms with van der Waals surface area (Å²) in [5.74, 6) is -0.0973. The molecule has 1 aliphatic rings. The lowest BCUT2D eigenvalue weighted by atomic mass is 10.1. The normalized spacial score (nSPS) is 16.1. The van der Waals surface area contributed by atoms with Crippen LogP contribution in [0.5, 0.6) is 0 Å². The van der Waals surface area contributed by atoms with E-state index in [9.17, 15) is 4.79 Å². The molecule has 0 aliphatic carbocycles. The summed E-state index contributed by atoms with van der Waals surface area (Å²) in [6, 6.07) is 20.4. The number of benzene rings is 2. The number of carbonyl (C=O) groups excluding carboxylic acids is 1. The molecule has 3 N–H and O–H groups in total. The minimum absolute atomic E-state index is 0.0973. The molecule has 2 aromatic heterocycles. The smallest absolute Gasteiger partial charge is 0.230 e. The number of likely N-dealkylation sites (tertiary alicyclic amines) is 1. The maximum absolute atomic E-state index is 12.9. The second kappa shape index (κ2) is 10.8. The van der Waals surface area contributed by atoms with Crippen molar-refractivity contribution in [2.75, 3.05) is 18.4 Å². The number of piperidine rings is 1. The van der Waals surface area contributed by atoms with Crippen LogP contribution in [0.15, 0.2) is 79.4 Å². The number of nitrogens with zero attached hydrogens (tertiary/aromatic N) is 4. The first kappa shape index (κ1) is 23.9. The van der Waals surface area contributed by atoms with E-state index in [1.54, 1.807) is 6.33 Å². The van der Waals surface area contributed by atoms with Crippen LogP contribution in [0.2, 0.25) is 0 Å². The molecule has 0 saturated carbocycles. The van der Waals surface area contributed by atoms with Crippen molar-refractivity contribution < 1.29 is 4.79 Å². The molecule has 5 rings (SSSR count). The summed E-state index contributed by atoms with van der Waals surface area (Å²) < 4.78 is 1.99. The van der Waals surface area contributed by atoms with Crippen LogP contribution in [-0.2, 0) is 17.8 Å². The Hall–Kier alpha value is -3.81. The number of hydrogen-bond acceptors (Lipinski definition) is 5. The van der Waals surface area contributed by atoms with E-state index < -0.39 is 0 Å². The number of anilines is 1. The van der Waals surface area contributed by atoms with Gasteiger partial charge in [0.15, 0.2) is 0 Å². The highest BCUT2D eigenvalue weighted by molar-refractivity contribution is 5.92. The van der Waals surface area contributed by atoms with Crippen molar-refractivity contribution in [1.29, 1.82) is 0 Å². The van der Waals surface area contributed by atoms with Gasteiger partial charge in [-0.15, -0.1) is 0 Å². The molecule has 1 saturated heterocycles. The van der Waals surface area contributed by atoms with E-state index >= 15 is 0 Å². The van der Waals surface area contributed by atoms with E-state index in [0.717, 1.165) is 71.9 Å². The third kappa shape index (κ3) is 6.05. The van der Waals surface area contributed by atoms with Crippen LogP contribution in [0, 0.1) is 6.92 Å². The van der Waals surface area contributed by atoms with Gasteiger partial charge in [-0.25, -0.2) is 4.98 Å². The third-order valence-electron chi connectivity index (χ3n) is 6.49. The predicted molar refractivity (Wildman–Crippen MR) is 143 cm³/mol. The van der Waals surface area contributed by atoms with Crippen LogP contribution in [0.1, 0.15) is 29.8 Å². The second-order valence-corrected chi connectivity index (χ2v) is 9.58. The van der Waals surface area contributed by atoms with Gasteiger partial charge in [-0.05, 0) is 61.7 Å². The Morgan fingerprint density at radius 3 is 2.67 bits per heavy atom. The number of amides is 1. The fourth-order valence-electron chi connectivity index (χ4n) is 4.74. The summed E-state index contributed by atoms with van der Waals surface area (Å²) in [6.45, 7) is 4.68. The van der Waals surface area contributed by atoms with Gasteiger partial charge in [0, 0.05) is 54.2 Å². The molecular formula is C29H32N6O. The molecule has 1 amide bonds. The van der Waals surface area contributed by atoms with Crippen molar-refractivity contribution in [2.24, 2.45) is 5.73 Å². The standard InChI is InChI=1S/C29H32N6O/c1-21-17-35(20-32-21)28-13-22(18-34-11-5-8-25(30)19-34)12-27(14-28)33-29(36)15-26-10-9-24(16-31-26)23-6-3-2-4-7-23/h2-4,6-7,9-10,12-14,16-17,20,25H,5,8,11,15,18-19,30H2,1H3,(H,33,36). The topological polar surface area (TPSA) is 89.1 Å². The van der Waals surface area contributed by atoms with Crippen molar-refractivity contribution in [3.05, 3.63) is 96.3 Å². The first-order valence-electron chi connectivity index (χ1n) is 12.4. The van der Waals surface area contributed by atoms with E-state index in [0.29, 0.717) is 0 Å². The molecule has 1 atom stereocenters. The van der Waals surface area contributed by atoms with Gasteiger partial charge in [-0.3, -0.25) is 14.7 Å². The molecule has 3 heterocycles. The van der Waals surface area contributed by atoms with Crippen molar-refractivity contribution in [2.45, 2.75) is 38.8 Å². The SMILES string of the molecule is Cc1cn(-c2cc(CN3CCCC(N)C3)cc(NC(=O)Cc3ccc(-c4ccccc4)cn3)c2)cn1. The summed E-state index contributed by atoms with van der Waals surface area (Å²) >= 11 is 0. The monoisotopic (exact) mass is 480 g/mol. The minimum Gasteiger partial charge on any atom is -0.327 e. The van der Waals surface area contributed by atoms with Gasteiger partial charge in [0.25, 0.3) is 0 Å². The van der Waals surface area contributed by atoms with Gasteiger partial charge in [-0.2, -0.15) is 0 Å². The van der Waals surface area contributed by atoms with Gasteiger partial charge in [0.1, 0.15) is 0 Å². The average molecular weight is 481 g/mol. The first-order valence-corrected chi connectivity index (χ1v) is 12.4. The molecular weight excluding hydrogens is 448 g/mol. The lowest BCUT2D eigenvalue weighted by molar-refractivity contribution is -0.115. The van der Waals surface area contributed by atoms with Gasteiger partial charge in [0.2, 0.25) is 5.91 Å². The summed E-state index contributed by atoms with van der Waals surface area (Å²) in [5, 5.41) is 3.08. The molecule has 184 valence electrons. The molecule has 0 bridgehead atoms. The molecule has 2 aromatic carbocycles. The fourth-order valence-corrected chi connectivity index (χ4v) is 4.74. The van der Waals surface area contributed by atoms with E-state index in [4.69, 9.17) is 5.73 Å². The van der Waals surface area contributed by atoms with E-state index in [-0.39, 0.29) is 18.4 Å². The maximum atomic E-state index is 12.9. The number of nitrogens with two attached hydrogens (primary N) is 1. The summed E-state index contributed by atoms with van der Waals surface area (Å²) in [7, 11) is 0. The summed E-state index contributed by atoms with van der Waals surface area (Å²) in [5.41, 5.74) is 12.9. The largest absolute Gasteiger partial charge is 0.327 e. The summed E-state index contributed by atoms with van der Waals surface area (Å²) in [6.07, 6.45) is 8.00. The number of pyridine rings is 1. The van der Waals surface area contributed by atoms with E-state index in [2.05, 4.69) is 32.3 Å². The zero-order valence-corrected chi connectivity index (χ0v) is 20.6. The number of carbonyl (C=O) groups is 1. The van der Waals surface area contributed by atoms with Crippen molar-refractivity contribution in [3.8, 4) is 16.8 Å². The van der Waals surface area contributed by atoms with Crippen LogP contribution in [0.4, 0.5) is 5.69 Å². The zero-order valence-electron chi connectivity index (χ0n) is 20.6. The van der Waals surface area contributed by atoms with Crippen molar-refractivity contribution in [3.63, 3.8) is 0 Å². The van der Waals surface area contributed by atoms with Crippen molar-refractivity contribution >= 4 is 11.6 Å². The van der Waals surface area contributed by atoms with Crippen LogP contribution >= 0.6 is 0 Å². The molecule has 7 heteroatoms. The highest BCUT2D eigenvalue weighted by atomic mass is 16.1. The number of hydrogen-bond donors (Lipinski definition) is 2. The van der Waals surface area contributed by atoms with E-state index in [1.807, 2.05) is 72.4 Å². The average Bonchev–Trinajstić information content (AvgIpc) is 3.31. The fraction of sp³-hybridized carbons (Fsp3) is 0.276. The highest BCUT2D eigenvalue weighted by Crippen LogP contribution is 2.22. The van der Waals surface area contributed by atoms with Gasteiger partial charge in [0.05, 0.1) is 18.4 Å². The Morgan fingerprint density at radius 1 is 1.08 bits per heavy atom. The minimum atomic E-state index is -0.0973. The van der Waals surface area contributed by atoms with Crippen LogP contribution in [-0.4, -0.2) is 44.5 Å². The summed E-state index contributed by atoms with van der Waals surface area (Å²) in [4.78, 5) is 24.2. The Balaban J connectivity index is 1.31. The number of imidazole rings is 1. The van der Waals surface area contributed by atoms with Crippen molar-refractivity contribution in [1.82, 2.24) is 19.4 Å². The number of aromatic nitrogens is 3. The predicted octanol–water partition coefficient (Wildman–Crippen LogP) is 4.35. The molecule has 1 aliphatic heterocycles. The van der Waals surface area contributed by atoms with Crippen LogP contribution in [0.25, 0.3) is 16.8 Å². The Kier molecular flexibility index (Phi) is 7.21. The van der Waals surface area contributed by atoms with Gasteiger partial charge < -0.3 is 15.6 Å². The maximum Gasteiger partial charge on any atom is 0.230 e. The van der Waals surface area contributed by atoms with Gasteiger partial charge in [-0.1, -0.05) is 36.4 Å². The number of rotatable bonds is 7. The number of nitrogens with one attached hydrogen (secondary N) is 1. The molecule has 0 spiro atoms. The van der Waals surface area contributed by atoms with E-state index in [1.165, 1.54) is 0 Å². The first-order chi connectivity index (χ1) is 17.5. The molecule has 1 fully saturated rings. The molecule has 1 unspecified atom stereocenters. The molecule has 7 nitrogen and oxygen atoms in total. The lowest BCUT2D eigenvalue weighted by Gasteiger charge is -2.30. The third-order valence-corrected chi connectivity index (χ3v) is 6.49. The molecule has 0 radical (unpaired) electrons. The Bertz CT molecular complexity index is 1320. The highest BCUT2D eigenvalue weighted by Gasteiger charge is 2.17. The van der Waals surface area contributed by atoms with Gasteiger partial charge >= 0.3 is 0 Å². The Morgan fingerprint density at radius 2 is 1.94 bits per heavy atom. The second-order valence-electron chi connectivity index (χ2n) is 9.58. The van der Waals surface area contributed by atoms with Crippen LogP contribution in [0.3, 0.4) is 0 Å². The molecule has 36 heavy (non-hydrogen) atoms.